The molecule has 2 atom stereocenters. The molecule has 2 heterocycles. The highest BCUT2D eigenvalue weighted by Gasteiger charge is 2.42. The van der Waals surface area contributed by atoms with Crippen LogP contribution in [0.4, 0.5) is 18.0 Å². The first kappa shape index (κ1) is 18.6. The summed E-state index contributed by atoms with van der Waals surface area (Å²) in [5.74, 6) is -0.157. The molecule has 1 aromatic heterocycles. The number of nitrogens with one attached hydrogen (secondary N) is 1. The van der Waals surface area contributed by atoms with Crippen LogP contribution in [0.25, 0.3) is 0 Å². The molecule has 8 heteroatoms. The van der Waals surface area contributed by atoms with Gasteiger partial charge >= 0.3 is 12.2 Å². The van der Waals surface area contributed by atoms with Gasteiger partial charge in [-0.05, 0) is 25.0 Å². The molecule has 1 aliphatic heterocycles. The zero-order valence-electron chi connectivity index (χ0n) is 13.9. The van der Waals surface area contributed by atoms with Crippen LogP contribution < -0.4 is 5.32 Å². The lowest BCUT2D eigenvalue weighted by molar-refractivity contribution is -0.184. The number of alkyl halides is 3. The van der Waals surface area contributed by atoms with E-state index in [0.717, 1.165) is 5.76 Å². The Labute approximate surface area is 139 Å². The number of aryl methyl sites for hydroxylation is 1. The SMILES string of the molecule is CCc1ccc([C@H](COC)NC(=O)N2CCC[C@@H](C(F)(F)F)C2)o1. The number of amides is 2. The van der Waals surface area contributed by atoms with Crippen molar-refractivity contribution in [1.82, 2.24) is 10.2 Å². The van der Waals surface area contributed by atoms with Gasteiger partial charge < -0.3 is 19.4 Å². The van der Waals surface area contributed by atoms with Gasteiger partial charge in [-0.2, -0.15) is 13.2 Å². The predicted octanol–water partition coefficient (Wildman–Crippen LogP) is 3.51. The highest BCUT2D eigenvalue weighted by molar-refractivity contribution is 5.74. The topological polar surface area (TPSA) is 54.7 Å². The third kappa shape index (κ3) is 4.66. The van der Waals surface area contributed by atoms with Crippen molar-refractivity contribution in [2.24, 2.45) is 5.92 Å². The Morgan fingerprint density at radius 3 is 2.83 bits per heavy atom. The molecule has 1 saturated heterocycles. The predicted molar refractivity (Wildman–Crippen MR) is 81.6 cm³/mol. The molecule has 0 unspecified atom stereocenters. The molecule has 1 N–H and O–H groups in total. The van der Waals surface area contributed by atoms with E-state index < -0.39 is 24.2 Å². The molecule has 2 rings (SSSR count). The van der Waals surface area contributed by atoms with Crippen molar-refractivity contribution in [2.75, 3.05) is 26.8 Å². The summed E-state index contributed by atoms with van der Waals surface area (Å²) in [6, 6.07) is 2.50. The minimum atomic E-state index is -4.28. The number of ether oxygens (including phenoxy) is 1. The zero-order valence-corrected chi connectivity index (χ0v) is 13.9. The number of piperidine rings is 1. The number of rotatable bonds is 5. The largest absolute Gasteiger partial charge is 0.464 e. The van der Waals surface area contributed by atoms with Crippen LogP contribution in [0, 0.1) is 5.92 Å². The monoisotopic (exact) mass is 348 g/mol. The lowest BCUT2D eigenvalue weighted by atomic mass is 9.98. The second kappa shape index (κ2) is 7.92. The number of carbonyl (C=O) groups is 1. The average molecular weight is 348 g/mol. The van der Waals surface area contributed by atoms with Crippen LogP contribution in [0.5, 0.6) is 0 Å². The molecule has 136 valence electrons. The number of halogens is 3. The zero-order chi connectivity index (χ0) is 17.7. The molecule has 0 aliphatic carbocycles. The van der Waals surface area contributed by atoms with E-state index in [1.807, 2.05) is 13.0 Å². The second-order valence-electron chi connectivity index (χ2n) is 5.94. The molecule has 1 aliphatic rings. The van der Waals surface area contributed by atoms with E-state index in [-0.39, 0.29) is 19.6 Å². The van der Waals surface area contributed by atoms with Crippen LogP contribution in [0.15, 0.2) is 16.5 Å². The van der Waals surface area contributed by atoms with E-state index in [1.165, 1.54) is 12.0 Å². The number of hydrogen-bond acceptors (Lipinski definition) is 3. The van der Waals surface area contributed by atoms with Gasteiger partial charge in [0.25, 0.3) is 0 Å². The third-order valence-corrected chi connectivity index (χ3v) is 4.18. The van der Waals surface area contributed by atoms with E-state index in [4.69, 9.17) is 9.15 Å². The van der Waals surface area contributed by atoms with E-state index >= 15 is 0 Å². The van der Waals surface area contributed by atoms with Gasteiger partial charge in [0.1, 0.15) is 17.6 Å². The average Bonchev–Trinajstić information content (AvgIpc) is 3.02. The van der Waals surface area contributed by atoms with Gasteiger partial charge in [0.05, 0.1) is 12.5 Å². The number of carbonyl (C=O) groups excluding carboxylic acids is 1. The summed E-state index contributed by atoms with van der Waals surface area (Å²) in [5.41, 5.74) is 0. The maximum atomic E-state index is 12.9. The van der Waals surface area contributed by atoms with Gasteiger partial charge in [0, 0.05) is 26.6 Å². The Morgan fingerprint density at radius 1 is 1.50 bits per heavy atom. The lowest BCUT2D eigenvalue weighted by Crippen LogP contribution is -2.49. The molecule has 0 spiro atoms. The molecular weight excluding hydrogens is 325 g/mol. The Bertz CT molecular complexity index is 545. The molecule has 5 nitrogen and oxygen atoms in total. The third-order valence-electron chi connectivity index (χ3n) is 4.18. The van der Waals surface area contributed by atoms with Crippen LogP contribution in [-0.2, 0) is 11.2 Å². The molecule has 2 amide bonds. The normalized spacial score (nSPS) is 20.0. The Kier molecular flexibility index (Phi) is 6.15. The van der Waals surface area contributed by atoms with E-state index in [9.17, 15) is 18.0 Å². The van der Waals surface area contributed by atoms with Gasteiger partial charge in [0.15, 0.2) is 0 Å². The van der Waals surface area contributed by atoms with Gasteiger partial charge in [-0.1, -0.05) is 6.92 Å². The summed E-state index contributed by atoms with van der Waals surface area (Å²) in [6.07, 6.45) is -3.16. The van der Waals surface area contributed by atoms with E-state index in [2.05, 4.69) is 5.32 Å². The fourth-order valence-electron chi connectivity index (χ4n) is 2.80. The lowest BCUT2D eigenvalue weighted by Gasteiger charge is -2.34. The summed E-state index contributed by atoms with van der Waals surface area (Å²) >= 11 is 0. The smallest absolute Gasteiger partial charge is 0.393 e. The van der Waals surface area contributed by atoms with Crippen LogP contribution in [0.3, 0.4) is 0 Å². The number of furan rings is 1. The molecule has 24 heavy (non-hydrogen) atoms. The molecule has 0 aromatic carbocycles. The first-order chi connectivity index (χ1) is 11.3. The number of likely N-dealkylation sites (tertiary alicyclic amines) is 1. The van der Waals surface area contributed by atoms with Gasteiger partial charge in [-0.3, -0.25) is 0 Å². The molecule has 0 radical (unpaired) electrons. The Balaban J connectivity index is 2.02. The van der Waals surface area contributed by atoms with E-state index in [1.54, 1.807) is 6.07 Å². The molecule has 0 bridgehead atoms. The van der Waals surface area contributed by atoms with Crippen LogP contribution >= 0.6 is 0 Å². The number of urea groups is 1. The quantitative estimate of drug-likeness (QED) is 0.886. The second-order valence-corrected chi connectivity index (χ2v) is 5.94. The van der Waals surface area contributed by atoms with E-state index in [0.29, 0.717) is 25.1 Å². The highest BCUT2D eigenvalue weighted by atomic mass is 19.4. The summed E-state index contributed by atoms with van der Waals surface area (Å²) in [7, 11) is 1.49. The van der Waals surface area contributed by atoms with Crippen molar-refractivity contribution in [3.05, 3.63) is 23.7 Å². The summed E-state index contributed by atoms with van der Waals surface area (Å²) < 4.78 is 49.3. The van der Waals surface area contributed by atoms with Crippen molar-refractivity contribution in [2.45, 2.75) is 38.4 Å². The first-order valence-electron chi connectivity index (χ1n) is 8.04. The van der Waals surface area contributed by atoms with Gasteiger partial charge in [-0.25, -0.2) is 4.79 Å². The Morgan fingerprint density at radius 2 is 2.25 bits per heavy atom. The fourth-order valence-corrected chi connectivity index (χ4v) is 2.80. The van der Waals surface area contributed by atoms with Crippen molar-refractivity contribution in [3.8, 4) is 0 Å². The standard InChI is InChI=1S/C16H23F3N2O3/c1-3-12-6-7-14(24-12)13(10-23-2)20-15(22)21-8-4-5-11(9-21)16(17,18)19/h6-7,11,13H,3-5,8-10H2,1-2H3,(H,20,22)/t11-,13+/m1/s1. The van der Waals surface area contributed by atoms with Crippen LogP contribution in [-0.4, -0.2) is 43.9 Å². The maximum Gasteiger partial charge on any atom is 0.393 e. The van der Waals surface area contributed by atoms with Crippen LogP contribution in [0.2, 0.25) is 0 Å². The van der Waals surface area contributed by atoms with Crippen molar-refractivity contribution < 1.29 is 27.1 Å². The Hall–Kier alpha value is -1.70. The minimum absolute atomic E-state index is 0.0623. The summed E-state index contributed by atoms with van der Waals surface area (Å²) in [5, 5.41) is 2.71. The molecule has 0 saturated carbocycles. The summed E-state index contributed by atoms with van der Waals surface area (Å²) in [4.78, 5) is 13.6. The van der Waals surface area contributed by atoms with Crippen molar-refractivity contribution >= 4 is 6.03 Å². The van der Waals surface area contributed by atoms with Crippen molar-refractivity contribution in [3.63, 3.8) is 0 Å². The molecular formula is C16H23F3N2O3. The highest BCUT2D eigenvalue weighted by Crippen LogP contribution is 2.33. The minimum Gasteiger partial charge on any atom is -0.464 e. The maximum absolute atomic E-state index is 12.9. The number of hydrogen-bond donors (Lipinski definition) is 1. The summed E-state index contributed by atoms with van der Waals surface area (Å²) in [6.45, 7) is 2.13. The van der Waals surface area contributed by atoms with Crippen LogP contribution in [0.1, 0.15) is 37.3 Å². The fraction of sp³-hybridized carbons (Fsp3) is 0.688. The first-order valence-corrected chi connectivity index (χ1v) is 8.04. The number of methoxy groups -OCH3 is 1. The van der Waals surface area contributed by atoms with Crippen molar-refractivity contribution in [1.29, 1.82) is 0 Å². The van der Waals surface area contributed by atoms with Gasteiger partial charge in [-0.15, -0.1) is 0 Å². The number of nitrogens with zero attached hydrogens (tertiary/aromatic N) is 1. The molecule has 1 fully saturated rings. The van der Waals surface area contributed by atoms with Gasteiger partial charge in [0.2, 0.25) is 0 Å². The molecule has 1 aromatic rings.